The number of likely N-dealkylation sites (tertiary alicyclic amines) is 1. The largest absolute Gasteiger partial charge is 0.312 e. The number of hydrogen-bond donors (Lipinski definition) is 1. The van der Waals surface area contributed by atoms with Crippen molar-refractivity contribution in [2.75, 3.05) is 20.1 Å². The van der Waals surface area contributed by atoms with E-state index in [0.717, 1.165) is 30.6 Å². The van der Waals surface area contributed by atoms with Gasteiger partial charge in [0.15, 0.2) is 0 Å². The Morgan fingerprint density at radius 3 is 2.95 bits per heavy atom. The highest BCUT2D eigenvalue weighted by molar-refractivity contribution is 5.10. The van der Waals surface area contributed by atoms with Crippen LogP contribution in [0, 0.1) is 11.7 Å². The molecule has 1 N–H and O–H groups in total. The van der Waals surface area contributed by atoms with Crippen molar-refractivity contribution >= 4 is 0 Å². The van der Waals surface area contributed by atoms with Crippen LogP contribution in [0.1, 0.15) is 50.3 Å². The Hall–Kier alpha value is -1.00. The van der Waals surface area contributed by atoms with Gasteiger partial charge < -0.3 is 10.2 Å². The molecule has 0 bridgehead atoms. The molecule has 0 radical (unpaired) electrons. The number of fused-ring (bicyclic) bond motifs is 1. The monoisotopic (exact) mass is 291 g/mol. The topological polar surface area (TPSA) is 28.2 Å². The lowest BCUT2D eigenvalue weighted by molar-refractivity contribution is 0.175. The Morgan fingerprint density at radius 1 is 1.33 bits per heavy atom. The molecule has 3 unspecified atom stereocenters. The minimum atomic E-state index is -0.266. The number of pyridine rings is 1. The van der Waals surface area contributed by atoms with Crippen LogP contribution < -0.4 is 5.32 Å². The highest BCUT2D eigenvalue weighted by Crippen LogP contribution is 2.36. The normalized spacial score (nSPS) is 27.5. The molecule has 3 rings (SSSR count). The fourth-order valence-corrected chi connectivity index (χ4v) is 4.11. The summed E-state index contributed by atoms with van der Waals surface area (Å²) in [4.78, 5) is 6.90. The van der Waals surface area contributed by atoms with Gasteiger partial charge in [0.1, 0.15) is 5.82 Å². The molecule has 116 valence electrons. The molecule has 1 saturated heterocycles. The van der Waals surface area contributed by atoms with Gasteiger partial charge in [-0.1, -0.05) is 12.8 Å². The Morgan fingerprint density at radius 2 is 2.19 bits per heavy atom. The summed E-state index contributed by atoms with van der Waals surface area (Å²) in [6, 6.07) is 4.33. The van der Waals surface area contributed by atoms with E-state index in [-0.39, 0.29) is 11.9 Å². The van der Waals surface area contributed by atoms with E-state index in [4.69, 9.17) is 0 Å². The van der Waals surface area contributed by atoms with Crippen LogP contribution in [0.25, 0.3) is 0 Å². The molecule has 1 aromatic rings. The Bertz CT molecular complexity index is 448. The zero-order valence-electron chi connectivity index (χ0n) is 12.9. The van der Waals surface area contributed by atoms with Crippen molar-refractivity contribution in [3.63, 3.8) is 0 Å². The summed E-state index contributed by atoms with van der Waals surface area (Å²) in [5.74, 6) is 0.675. The molecular weight excluding hydrogens is 265 g/mol. The maximum absolute atomic E-state index is 13.0. The lowest BCUT2D eigenvalue weighted by Crippen LogP contribution is -2.36. The van der Waals surface area contributed by atoms with E-state index in [2.05, 4.69) is 15.2 Å². The van der Waals surface area contributed by atoms with Gasteiger partial charge in [0.2, 0.25) is 0 Å². The lowest BCUT2D eigenvalue weighted by Gasteiger charge is -2.32. The van der Waals surface area contributed by atoms with E-state index < -0.39 is 0 Å². The number of aromatic nitrogens is 1. The molecule has 0 amide bonds. The van der Waals surface area contributed by atoms with Crippen molar-refractivity contribution in [2.45, 2.75) is 50.6 Å². The average Bonchev–Trinajstić information content (AvgIpc) is 2.93. The van der Waals surface area contributed by atoms with E-state index >= 15 is 0 Å². The number of nitrogens with zero attached hydrogens (tertiary/aromatic N) is 2. The van der Waals surface area contributed by atoms with Crippen molar-refractivity contribution in [3.8, 4) is 0 Å². The van der Waals surface area contributed by atoms with Crippen LogP contribution in [-0.4, -0.2) is 36.1 Å². The van der Waals surface area contributed by atoms with Crippen LogP contribution in [0.15, 0.2) is 18.3 Å². The predicted molar refractivity (Wildman–Crippen MR) is 82.5 cm³/mol. The summed E-state index contributed by atoms with van der Waals surface area (Å²) >= 11 is 0. The third-order valence-corrected chi connectivity index (χ3v) is 5.29. The fraction of sp³-hybridized carbons (Fsp3) is 0.706. The SMILES string of the molecule is CNC(CCN1CCC2CCCCC21)c1ccc(F)cn1. The van der Waals surface area contributed by atoms with Gasteiger partial charge in [-0.2, -0.15) is 0 Å². The average molecular weight is 291 g/mol. The Kier molecular flexibility index (Phi) is 4.86. The van der Waals surface area contributed by atoms with Gasteiger partial charge in [-0.25, -0.2) is 4.39 Å². The van der Waals surface area contributed by atoms with Crippen molar-refractivity contribution in [3.05, 3.63) is 29.8 Å². The molecule has 1 saturated carbocycles. The van der Waals surface area contributed by atoms with E-state index in [9.17, 15) is 4.39 Å². The molecule has 2 fully saturated rings. The quantitative estimate of drug-likeness (QED) is 0.903. The Labute approximate surface area is 126 Å². The second kappa shape index (κ2) is 6.84. The fourth-order valence-electron chi connectivity index (χ4n) is 4.11. The second-order valence-corrected chi connectivity index (χ2v) is 6.47. The van der Waals surface area contributed by atoms with E-state index in [0.29, 0.717) is 0 Å². The van der Waals surface area contributed by atoms with Crippen molar-refractivity contribution in [1.82, 2.24) is 15.2 Å². The smallest absolute Gasteiger partial charge is 0.141 e. The highest BCUT2D eigenvalue weighted by Gasteiger charge is 2.35. The lowest BCUT2D eigenvalue weighted by atomic mass is 9.85. The van der Waals surface area contributed by atoms with E-state index in [1.54, 1.807) is 6.07 Å². The first-order chi connectivity index (χ1) is 10.3. The number of nitrogens with one attached hydrogen (secondary N) is 1. The van der Waals surface area contributed by atoms with Gasteiger partial charge in [-0.15, -0.1) is 0 Å². The summed E-state index contributed by atoms with van der Waals surface area (Å²) in [5, 5.41) is 3.32. The van der Waals surface area contributed by atoms with Gasteiger partial charge in [0.05, 0.1) is 17.9 Å². The standard InChI is InChI=1S/C17H26FN3/c1-19-15(16-7-6-14(18)12-20-16)9-11-21-10-8-13-4-2-3-5-17(13)21/h6-7,12-13,15,17,19H,2-5,8-11H2,1H3. The van der Waals surface area contributed by atoms with Crippen LogP contribution in [0.4, 0.5) is 4.39 Å². The first-order valence-corrected chi connectivity index (χ1v) is 8.30. The highest BCUT2D eigenvalue weighted by atomic mass is 19.1. The van der Waals surface area contributed by atoms with Crippen LogP contribution in [-0.2, 0) is 0 Å². The van der Waals surface area contributed by atoms with Crippen molar-refractivity contribution in [2.24, 2.45) is 5.92 Å². The molecule has 4 heteroatoms. The van der Waals surface area contributed by atoms with Crippen LogP contribution in [0.5, 0.6) is 0 Å². The molecule has 0 spiro atoms. The molecule has 21 heavy (non-hydrogen) atoms. The van der Waals surface area contributed by atoms with E-state index in [1.807, 2.05) is 7.05 Å². The summed E-state index contributed by atoms with van der Waals surface area (Å²) < 4.78 is 13.0. The predicted octanol–water partition coefficient (Wildman–Crippen LogP) is 3.14. The maximum atomic E-state index is 13.0. The molecule has 2 aliphatic rings. The van der Waals surface area contributed by atoms with Crippen LogP contribution >= 0.6 is 0 Å². The van der Waals surface area contributed by atoms with Gasteiger partial charge in [-0.05, 0) is 57.3 Å². The minimum Gasteiger partial charge on any atom is -0.312 e. The molecule has 1 aliphatic carbocycles. The second-order valence-electron chi connectivity index (χ2n) is 6.47. The van der Waals surface area contributed by atoms with Gasteiger partial charge in [-0.3, -0.25) is 4.98 Å². The molecule has 0 aromatic carbocycles. The van der Waals surface area contributed by atoms with Crippen molar-refractivity contribution < 1.29 is 4.39 Å². The zero-order valence-corrected chi connectivity index (χ0v) is 12.9. The van der Waals surface area contributed by atoms with Crippen molar-refractivity contribution in [1.29, 1.82) is 0 Å². The Balaban J connectivity index is 1.56. The first kappa shape index (κ1) is 14.9. The molecular formula is C17H26FN3. The summed E-state index contributed by atoms with van der Waals surface area (Å²) in [6.45, 7) is 2.37. The molecule has 2 heterocycles. The molecule has 3 nitrogen and oxygen atoms in total. The van der Waals surface area contributed by atoms with E-state index in [1.165, 1.54) is 50.9 Å². The third-order valence-electron chi connectivity index (χ3n) is 5.29. The number of rotatable bonds is 5. The zero-order chi connectivity index (χ0) is 14.7. The van der Waals surface area contributed by atoms with Gasteiger partial charge >= 0.3 is 0 Å². The number of halogens is 1. The summed E-state index contributed by atoms with van der Waals surface area (Å²) in [7, 11) is 1.96. The van der Waals surface area contributed by atoms with Crippen LogP contribution in [0.3, 0.4) is 0 Å². The van der Waals surface area contributed by atoms with Gasteiger partial charge in [0, 0.05) is 12.6 Å². The third kappa shape index (κ3) is 3.43. The molecule has 1 aliphatic heterocycles. The summed E-state index contributed by atoms with van der Waals surface area (Å²) in [5.41, 5.74) is 0.943. The summed E-state index contributed by atoms with van der Waals surface area (Å²) in [6.07, 6.45) is 9.36. The maximum Gasteiger partial charge on any atom is 0.141 e. The first-order valence-electron chi connectivity index (χ1n) is 8.30. The molecule has 1 aromatic heterocycles. The van der Waals surface area contributed by atoms with Crippen LogP contribution in [0.2, 0.25) is 0 Å². The van der Waals surface area contributed by atoms with Gasteiger partial charge in [0.25, 0.3) is 0 Å². The number of hydrogen-bond acceptors (Lipinski definition) is 3. The molecule has 3 atom stereocenters. The minimum absolute atomic E-state index is 0.216.